The van der Waals surface area contributed by atoms with Crippen LogP contribution >= 0.6 is 12.2 Å². The molecular weight excluding hydrogens is 468 g/mol. The fraction of sp³-hybridized carbons (Fsp3) is 0.207. The molecule has 4 aromatic rings. The number of ether oxygens (including phenoxy) is 1. The Bertz CT molecular complexity index is 1410. The summed E-state index contributed by atoms with van der Waals surface area (Å²) in [6.07, 6.45) is 1.82. The molecule has 7 heteroatoms. The zero-order valence-electron chi connectivity index (χ0n) is 20.7. The molecule has 0 saturated carbocycles. The Morgan fingerprint density at radius 2 is 1.67 bits per heavy atom. The summed E-state index contributed by atoms with van der Waals surface area (Å²) in [6.45, 7) is 6.30. The van der Waals surface area contributed by atoms with Crippen LogP contribution < -0.4 is 10.2 Å². The molecule has 1 fully saturated rings. The summed E-state index contributed by atoms with van der Waals surface area (Å²) in [7, 11) is 1.39. The second kappa shape index (κ2) is 9.59. The summed E-state index contributed by atoms with van der Waals surface area (Å²) in [4.78, 5) is 18.8. The van der Waals surface area contributed by atoms with Crippen LogP contribution in [-0.4, -0.2) is 27.7 Å². The Hall–Kier alpha value is -3.97. The van der Waals surface area contributed by atoms with Gasteiger partial charge in [-0.2, -0.15) is 0 Å². The van der Waals surface area contributed by atoms with E-state index in [-0.39, 0.29) is 18.1 Å². The standard InChI is InChI=1S/C29H28N4O2S/c1-18-8-12-23(13-9-18)33-27(26(31-29(33)36)25-7-5-6-16-30-25)24-17-19(2)32(20(24)3)22-14-10-21(11-15-22)28(34)35-4/h5-17,26-27H,1-4H3,(H,31,36)/t26-,27-/m1/s1. The number of aryl methyl sites for hydroxylation is 2. The van der Waals surface area contributed by atoms with Gasteiger partial charge in [0.2, 0.25) is 0 Å². The molecule has 3 heterocycles. The number of carbonyl (C=O) groups excluding carboxylic acids is 1. The number of aromatic nitrogens is 2. The monoisotopic (exact) mass is 496 g/mol. The molecule has 0 aliphatic carbocycles. The van der Waals surface area contributed by atoms with Crippen molar-refractivity contribution in [1.29, 1.82) is 0 Å². The first-order chi connectivity index (χ1) is 17.4. The molecule has 0 bridgehead atoms. The number of anilines is 1. The lowest BCUT2D eigenvalue weighted by Crippen LogP contribution is -2.29. The quantitative estimate of drug-likeness (QED) is 0.280. The van der Waals surface area contributed by atoms with E-state index in [9.17, 15) is 4.79 Å². The van der Waals surface area contributed by atoms with Crippen LogP contribution in [-0.2, 0) is 4.74 Å². The lowest BCUT2D eigenvalue weighted by atomic mass is 9.96. The minimum atomic E-state index is -0.347. The van der Waals surface area contributed by atoms with Crippen molar-refractivity contribution in [3.05, 3.63) is 113 Å². The lowest BCUT2D eigenvalue weighted by molar-refractivity contribution is 0.0600. The highest BCUT2D eigenvalue weighted by molar-refractivity contribution is 7.80. The fourth-order valence-corrected chi connectivity index (χ4v) is 5.35. The smallest absolute Gasteiger partial charge is 0.337 e. The molecule has 6 nitrogen and oxygen atoms in total. The second-order valence-corrected chi connectivity index (χ2v) is 9.42. The average molecular weight is 497 g/mol. The normalized spacial score (nSPS) is 17.2. The van der Waals surface area contributed by atoms with E-state index in [1.165, 1.54) is 12.7 Å². The van der Waals surface area contributed by atoms with E-state index in [1.54, 1.807) is 12.1 Å². The number of nitrogens with one attached hydrogen (secondary N) is 1. The van der Waals surface area contributed by atoms with Crippen LogP contribution in [0.25, 0.3) is 5.69 Å². The van der Waals surface area contributed by atoms with Gasteiger partial charge in [0, 0.05) is 29.0 Å². The van der Waals surface area contributed by atoms with Crippen molar-refractivity contribution >= 4 is 29.0 Å². The minimum absolute atomic E-state index is 0.0931. The third-order valence-electron chi connectivity index (χ3n) is 6.75. The molecule has 36 heavy (non-hydrogen) atoms. The molecule has 2 aromatic carbocycles. The molecule has 1 aliphatic heterocycles. The number of hydrogen-bond donors (Lipinski definition) is 1. The summed E-state index contributed by atoms with van der Waals surface area (Å²) >= 11 is 5.87. The topological polar surface area (TPSA) is 59.4 Å². The fourth-order valence-electron chi connectivity index (χ4n) is 5.00. The van der Waals surface area contributed by atoms with E-state index in [0.29, 0.717) is 10.7 Å². The second-order valence-electron chi connectivity index (χ2n) is 9.03. The van der Waals surface area contributed by atoms with Crippen molar-refractivity contribution in [2.24, 2.45) is 0 Å². The van der Waals surface area contributed by atoms with Crippen molar-refractivity contribution in [2.75, 3.05) is 12.0 Å². The Kier molecular flexibility index (Phi) is 6.33. The highest BCUT2D eigenvalue weighted by Gasteiger charge is 2.42. The summed E-state index contributed by atoms with van der Waals surface area (Å²) in [5.41, 5.74) is 8.03. The van der Waals surface area contributed by atoms with Gasteiger partial charge in [-0.15, -0.1) is 0 Å². The summed E-state index contributed by atoms with van der Waals surface area (Å²) in [5.74, 6) is -0.347. The first kappa shape index (κ1) is 23.8. The zero-order chi connectivity index (χ0) is 25.4. The molecule has 5 rings (SSSR count). The SMILES string of the molecule is COC(=O)c1ccc(-n2c(C)cc([C@@H]3[C@@H](c4ccccn4)NC(=S)N3c3ccc(C)cc3)c2C)cc1. The minimum Gasteiger partial charge on any atom is -0.465 e. The molecule has 2 aromatic heterocycles. The number of pyridine rings is 1. The Morgan fingerprint density at radius 1 is 0.972 bits per heavy atom. The van der Waals surface area contributed by atoms with E-state index in [2.05, 4.69) is 70.9 Å². The zero-order valence-corrected chi connectivity index (χ0v) is 21.5. The van der Waals surface area contributed by atoms with E-state index in [4.69, 9.17) is 17.0 Å². The molecule has 1 aliphatic rings. The van der Waals surface area contributed by atoms with Gasteiger partial charge >= 0.3 is 5.97 Å². The molecule has 0 spiro atoms. The van der Waals surface area contributed by atoms with Crippen molar-refractivity contribution in [2.45, 2.75) is 32.9 Å². The Balaban J connectivity index is 1.63. The number of esters is 1. The van der Waals surface area contributed by atoms with Crippen molar-refractivity contribution in [1.82, 2.24) is 14.9 Å². The number of nitrogens with zero attached hydrogens (tertiary/aromatic N) is 3. The molecule has 0 radical (unpaired) electrons. The van der Waals surface area contributed by atoms with Crippen molar-refractivity contribution in [3.8, 4) is 5.69 Å². The van der Waals surface area contributed by atoms with E-state index in [1.807, 2.05) is 36.5 Å². The summed E-state index contributed by atoms with van der Waals surface area (Å²) < 4.78 is 7.06. The van der Waals surface area contributed by atoms with Gasteiger partial charge in [0.15, 0.2) is 5.11 Å². The van der Waals surface area contributed by atoms with Crippen LogP contribution in [0.15, 0.2) is 79.0 Å². The van der Waals surface area contributed by atoms with Gasteiger partial charge in [0.05, 0.1) is 30.5 Å². The molecule has 2 atom stereocenters. The van der Waals surface area contributed by atoms with Crippen LogP contribution in [0.3, 0.4) is 0 Å². The van der Waals surface area contributed by atoms with Gasteiger partial charge in [0.25, 0.3) is 0 Å². The van der Waals surface area contributed by atoms with Crippen LogP contribution in [0.5, 0.6) is 0 Å². The van der Waals surface area contributed by atoms with Crippen LogP contribution in [0.1, 0.15) is 50.7 Å². The molecule has 182 valence electrons. The Morgan fingerprint density at radius 3 is 2.31 bits per heavy atom. The third-order valence-corrected chi connectivity index (χ3v) is 7.06. The molecule has 0 amide bonds. The summed E-state index contributed by atoms with van der Waals surface area (Å²) in [6, 6.07) is 23.9. The van der Waals surface area contributed by atoms with E-state index >= 15 is 0 Å². The van der Waals surface area contributed by atoms with Gasteiger partial charge in [-0.25, -0.2) is 4.79 Å². The molecule has 1 N–H and O–H groups in total. The number of hydrogen-bond acceptors (Lipinski definition) is 4. The lowest BCUT2D eigenvalue weighted by Gasteiger charge is -2.28. The van der Waals surface area contributed by atoms with Gasteiger partial charge in [-0.3, -0.25) is 4.98 Å². The maximum Gasteiger partial charge on any atom is 0.337 e. The third kappa shape index (κ3) is 4.16. The van der Waals surface area contributed by atoms with Crippen LogP contribution in [0, 0.1) is 20.8 Å². The highest BCUT2D eigenvalue weighted by atomic mass is 32.1. The first-order valence-electron chi connectivity index (χ1n) is 11.8. The predicted octanol–water partition coefficient (Wildman–Crippen LogP) is 5.76. The predicted molar refractivity (Wildman–Crippen MR) is 146 cm³/mol. The van der Waals surface area contributed by atoms with Gasteiger partial charge in [-0.05, 0) is 93.1 Å². The van der Waals surface area contributed by atoms with Gasteiger partial charge < -0.3 is 19.5 Å². The van der Waals surface area contributed by atoms with Crippen LogP contribution in [0.4, 0.5) is 5.69 Å². The largest absolute Gasteiger partial charge is 0.465 e. The number of carbonyl (C=O) groups is 1. The highest BCUT2D eigenvalue weighted by Crippen LogP contribution is 2.43. The molecule has 1 saturated heterocycles. The van der Waals surface area contributed by atoms with Crippen molar-refractivity contribution in [3.63, 3.8) is 0 Å². The van der Waals surface area contributed by atoms with E-state index in [0.717, 1.165) is 34.0 Å². The number of benzene rings is 2. The average Bonchev–Trinajstić information content (AvgIpc) is 3.39. The van der Waals surface area contributed by atoms with Crippen LogP contribution in [0.2, 0.25) is 0 Å². The first-order valence-corrected chi connectivity index (χ1v) is 12.2. The molecule has 0 unspecified atom stereocenters. The molecular formula is C29H28N4O2S. The Labute approximate surface area is 216 Å². The number of rotatable bonds is 5. The van der Waals surface area contributed by atoms with Crippen molar-refractivity contribution < 1.29 is 9.53 Å². The van der Waals surface area contributed by atoms with Gasteiger partial charge in [-0.1, -0.05) is 23.8 Å². The maximum absolute atomic E-state index is 11.9. The number of methoxy groups -OCH3 is 1. The number of thiocarbonyl (C=S) groups is 1. The maximum atomic E-state index is 11.9. The summed E-state index contributed by atoms with van der Waals surface area (Å²) in [5, 5.41) is 4.21. The van der Waals surface area contributed by atoms with Gasteiger partial charge in [0.1, 0.15) is 0 Å². The van der Waals surface area contributed by atoms with E-state index < -0.39 is 0 Å².